The van der Waals surface area contributed by atoms with Gasteiger partial charge in [-0.15, -0.1) is 0 Å². The minimum Gasteiger partial charge on any atom is -0.468 e. The number of hydrogen-bond acceptors (Lipinski definition) is 4. The first-order valence-electron chi connectivity index (χ1n) is 4.53. The summed E-state index contributed by atoms with van der Waals surface area (Å²) in [5, 5.41) is -0.112. The molecule has 0 fully saturated rings. The van der Waals surface area contributed by atoms with Crippen LogP contribution in [0.1, 0.15) is 5.56 Å². The van der Waals surface area contributed by atoms with Crippen molar-refractivity contribution >= 4 is 23.3 Å². The summed E-state index contributed by atoms with van der Waals surface area (Å²) in [7, 11) is 1.23. The predicted octanol–water partition coefficient (Wildman–Crippen LogP) is 1.10. The molecule has 0 aliphatic heterocycles. The summed E-state index contributed by atoms with van der Waals surface area (Å²) in [6.45, 7) is 0. The summed E-state index contributed by atoms with van der Waals surface area (Å²) in [6, 6.07) is 2.04. The Morgan fingerprint density at radius 1 is 1.62 bits per heavy atom. The van der Waals surface area contributed by atoms with Gasteiger partial charge in [-0.2, -0.15) is 0 Å². The van der Waals surface area contributed by atoms with Gasteiger partial charge in [0.1, 0.15) is 6.04 Å². The molecule has 0 saturated carbocycles. The standard InChI is InChI=1S/C10H12ClFN2O2/c1-16-10(15)7(14)4-5-2-3-6(13)9(12)8(5)11/h2-3,7H,4,13-14H2,1H3/t7-/m0/s1. The molecule has 0 radical (unpaired) electrons. The van der Waals surface area contributed by atoms with Crippen LogP contribution in [-0.2, 0) is 16.0 Å². The number of halogens is 2. The van der Waals surface area contributed by atoms with Crippen LogP contribution in [0.15, 0.2) is 12.1 Å². The van der Waals surface area contributed by atoms with Gasteiger partial charge in [-0.25, -0.2) is 4.39 Å². The molecule has 16 heavy (non-hydrogen) atoms. The molecule has 1 rings (SSSR count). The van der Waals surface area contributed by atoms with Crippen LogP contribution in [0.3, 0.4) is 0 Å². The van der Waals surface area contributed by atoms with Crippen LogP contribution < -0.4 is 11.5 Å². The molecule has 0 spiro atoms. The molecule has 0 aliphatic rings. The molecule has 0 unspecified atom stereocenters. The highest BCUT2D eigenvalue weighted by molar-refractivity contribution is 6.31. The van der Waals surface area contributed by atoms with Gasteiger partial charge in [0.25, 0.3) is 0 Å². The van der Waals surface area contributed by atoms with Gasteiger partial charge in [-0.1, -0.05) is 17.7 Å². The van der Waals surface area contributed by atoms with Crippen molar-refractivity contribution in [3.63, 3.8) is 0 Å². The van der Waals surface area contributed by atoms with Crippen molar-refractivity contribution in [1.29, 1.82) is 0 Å². The summed E-state index contributed by atoms with van der Waals surface area (Å²) in [5.41, 5.74) is 11.2. The Morgan fingerprint density at radius 2 is 2.25 bits per heavy atom. The molecule has 0 bridgehead atoms. The smallest absolute Gasteiger partial charge is 0.322 e. The van der Waals surface area contributed by atoms with Crippen LogP contribution in [-0.4, -0.2) is 19.1 Å². The Kier molecular flexibility index (Phi) is 4.09. The second-order valence-corrected chi connectivity index (χ2v) is 3.65. The lowest BCUT2D eigenvalue weighted by Crippen LogP contribution is -2.33. The molecule has 0 aromatic heterocycles. The van der Waals surface area contributed by atoms with Crippen molar-refractivity contribution in [3.8, 4) is 0 Å². The monoisotopic (exact) mass is 246 g/mol. The Hall–Kier alpha value is -1.33. The Labute approximate surface area is 97.3 Å². The number of nitrogens with two attached hydrogens (primary N) is 2. The normalized spacial score (nSPS) is 12.2. The van der Waals surface area contributed by atoms with E-state index in [0.717, 1.165) is 0 Å². The van der Waals surface area contributed by atoms with E-state index in [1.165, 1.54) is 19.2 Å². The summed E-state index contributed by atoms with van der Waals surface area (Å²) in [6.07, 6.45) is 0.0999. The SMILES string of the molecule is COC(=O)[C@@H](N)Cc1ccc(N)c(F)c1Cl. The van der Waals surface area contributed by atoms with Crippen LogP contribution in [0.5, 0.6) is 0 Å². The summed E-state index contributed by atoms with van der Waals surface area (Å²) in [4.78, 5) is 11.1. The van der Waals surface area contributed by atoms with Gasteiger partial charge in [-0.05, 0) is 18.1 Å². The van der Waals surface area contributed by atoms with Crippen LogP contribution >= 0.6 is 11.6 Å². The third-order valence-electron chi connectivity index (χ3n) is 2.14. The fourth-order valence-electron chi connectivity index (χ4n) is 1.23. The number of nitrogen functional groups attached to an aromatic ring is 1. The van der Waals surface area contributed by atoms with Crippen molar-refractivity contribution in [2.45, 2.75) is 12.5 Å². The molecule has 6 heteroatoms. The molecule has 1 aromatic rings. The molecule has 0 aliphatic carbocycles. The fraction of sp³-hybridized carbons (Fsp3) is 0.300. The zero-order valence-corrected chi connectivity index (χ0v) is 9.42. The average molecular weight is 247 g/mol. The van der Waals surface area contributed by atoms with E-state index in [9.17, 15) is 9.18 Å². The van der Waals surface area contributed by atoms with Gasteiger partial charge in [0.15, 0.2) is 5.82 Å². The first-order chi connectivity index (χ1) is 7.47. The first-order valence-corrected chi connectivity index (χ1v) is 4.91. The second kappa shape index (κ2) is 5.14. The molecule has 88 valence electrons. The van der Waals surface area contributed by atoms with E-state index >= 15 is 0 Å². The number of rotatable bonds is 3. The van der Waals surface area contributed by atoms with Crippen LogP contribution in [0, 0.1) is 5.82 Å². The van der Waals surface area contributed by atoms with E-state index in [4.69, 9.17) is 23.1 Å². The lowest BCUT2D eigenvalue weighted by molar-refractivity contribution is -0.142. The molecule has 1 aromatic carbocycles. The third-order valence-corrected chi connectivity index (χ3v) is 2.54. The molecular weight excluding hydrogens is 235 g/mol. The van der Waals surface area contributed by atoms with E-state index in [2.05, 4.69) is 4.74 Å². The Balaban J connectivity index is 2.90. The largest absolute Gasteiger partial charge is 0.468 e. The van der Waals surface area contributed by atoms with Crippen molar-refractivity contribution in [3.05, 3.63) is 28.5 Å². The molecule has 0 amide bonds. The lowest BCUT2D eigenvalue weighted by atomic mass is 10.1. The van der Waals surface area contributed by atoms with E-state index < -0.39 is 17.8 Å². The average Bonchev–Trinajstić information content (AvgIpc) is 2.28. The Morgan fingerprint density at radius 3 is 2.81 bits per heavy atom. The van der Waals surface area contributed by atoms with Gasteiger partial charge in [0, 0.05) is 0 Å². The maximum atomic E-state index is 13.3. The van der Waals surface area contributed by atoms with E-state index in [-0.39, 0.29) is 17.1 Å². The van der Waals surface area contributed by atoms with Gasteiger partial charge < -0.3 is 16.2 Å². The van der Waals surface area contributed by atoms with Crippen molar-refractivity contribution in [1.82, 2.24) is 0 Å². The quantitative estimate of drug-likeness (QED) is 0.619. The van der Waals surface area contributed by atoms with Crippen LogP contribution in [0.25, 0.3) is 0 Å². The number of ether oxygens (including phenoxy) is 1. The molecule has 4 N–H and O–H groups in total. The number of benzene rings is 1. The lowest BCUT2D eigenvalue weighted by Gasteiger charge is -2.11. The molecule has 0 saturated heterocycles. The van der Waals surface area contributed by atoms with Crippen LogP contribution in [0.2, 0.25) is 5.02 Å². The van der Waals surface area contributed by atoms with Gasteiger partial charge in [0.2, 0.25) is 0 Å². The van der Waals surface area contributed by atoms with Crippen molar-refractivity contribution in [2.75, 3.05) is 12.8 Å². The zero-order chi connectivity index (χ0) is 12.3. The highest BCUT2D eigenvalue weighted by Gasteiger charge is 2.18. The molecular formula is C10H12ClFN2O2. The Bertz CT molecular complexity index is 412. The number of carbonyl (C=O) groups is 1. The highest BCUT2D eigenvalue weighted by Crippen LogP contribution is 2.25. The van der Waals surface area contributed by atoms with Gasteiger partial charge >= 0.3 is 5.97 Å². The second-order valence-electron chi connectivity index (χ2n) is 3.28. The van der Waals surface area contributed by atoms with Gasteiger partial charge in [0.05, 0.1) is 17.8 Å². The number of methoxy groups -OCH3 is 1. The number of hydrogen-bond donors (Lipinski definition) is 2. The van der Waals surface area contributed by atoms with E-state index in [1.54, 1.807) is 0 Å². The van der Waals surface area contributed by atoms with Crippen LogP contribution in [0.4, 0.5) is 10.1 Å². The predicted molar refractivity (Wildman–Crippen MR) is 59.5 cm³/mol. The van der Waals surface area contributed by atoms with Crippen molar-refractivity contribution in [2.24, 2.45) is 5.73 Å². The van der Waals surface area contributed by atoms with Gasteiger partial charge in [-0.3, -0.25) is 4.79 Å². The minimum atomic E-state index is -0.870. The molecule has 4 nitrogen and oxygen atoms in total. The summed E-state index contributed by atoms with van der Waals surface area (Å²) < 4.78 is 17.8. The maximum Gasteiger partial charge on any atom is 0.322 e. The maximum absolute atomic E-state index is 13.3. The molecule has 1 atom stereocenters. The summed E-state index contributed by atoms with van der Waals surface area (Å²) in [5.74, 6) is -1.27. The summed E-state index contributed by atoms with van der Waals surface area (Å²) >= 11 is 5.73. The van der Waals surface area contributed by atoms with E-state index in [1.807, 2.05) is 0 Å². The molecule has 0 heterocycles. The topological polar surface area (TPSA) is 78.3 Å². The zero-order valence-electron chi connectivity index (χ0n) is 8.67. The highest BCUT2D eigenvalue weighted by atomic mass is 35.5. The van der Waals surface area contributed by atoms with Crippen molar-refractivity contribution < 1.29 is 13.9 Å². The third kappa shape index (κ3) is 2.62. The fourth-order valence-corrected chi connectivity index (χ4v) is 1.48. The number of esters is 1. The van der Waals surface area contributed by atoms with E-state index in [0.29, 0.717) is 5.56 Å². The number of carbonyl (C=O) groups excluding carboxylic acids is 1. The minimum absolute atomic E-state index is 0.0413. The number of anilines is 1. The first kappa shape index (κ1) is 12.7.